The third-order valence-electron chi connectivity index (χ3n) is 1.43. The molecule has 0 radical (unpaired) electrons. The Balaban J connectivity index is 2.51. The van der Waals surface area contributed by atoms with Gasteiger partial charge in [0.2, 0.25) is 4.73 Å². The minimum Gasteiger partial charge on any atom is -0.187 e. The van der Waals surface area contributed by atoms with Gasteiger partial charge in [0.25, 0.3) is 0 Å². The molecule has 1 aromatic heterocycles. The van der Waals surface area contributed by atoms with Gasteiger partial charge in [0.1, 0.15) is 0 Å². The average Bonchev–Trinajstić information content (AvgIpc) is 2.53. The molecule has 0 saturated heterocycles. The zero-order valence-electron chi connectivity index (χ0n) is 6.05. The lowest BCUT2D eigenvalue weighted by Crippen LogP contribution is -1.95. The highest BCUT2D eigenvalue weighted by Gasteiger charge is 2.02. The van der Waals surface area contributed by atoms with E-state index >= 15 is 0 Å². The number of aromatic nitrogens is 4. The molecule has 2 rings (SSSR count). The van der Waals surface area contributed by atoms with E-state index in [0.717, 1.165) is 5.69 Å². The van der Waals surface area contributed by atoms with E-state index in [0.29, 0.717) is 4.73 Å². The van der Waals surface area contributed by atoms with Crippen molar-refractivity contribution < 1.29 is 0 Å². The first-order valence-corrected chi connectivity index (χ1v) is 4.16. The molecule has 0 atom stereocenters. The van der Waals surface area contributed by atoms with Crippen molar-refractivity contribution in [3.63, 3.8) is 0 Å². The molecule has 0 fully saturated rings. The highest BCUT2D eigenvalue weighted by atomic mass is 79.9. The Kier molecular flexibility index (Phi) is 1.87. The number of hydrogen-bond acceptors (Lipinski definition) is 3. The monoisotopic (exact) mass is 224 g/mol. The summed E-state index contributed by atoms with van der Waals surface area (Å²) in [5, 5.41) is 11.0. The van der Waals surface area contributed by atoms with Crippen molar-refractivity contribution in [2.75, 3.05) is 0 Å². The lowest BCUT2D eigenvalue weighted by Gasteiger charge is -1.97. The molecule has 1 heterocycles. The molecule has 0 aliphatic carbocycles. The molecule has 0 aliphatic heterocycles. The van der Waals surface area contributed by atoms with Crippen LogP contribution in [0.4, 0.5) is 0 Å². The van der Waals surface area contributed by atoms with Gasteiger partial charge in [0, 0.05) is 0 Å². The Hall–Kier alpha value is -1.23. The highest BCUT2D eigenvalue weighted by molar-refractivity contribution is 9.10. The molecule has 0 saturated carbocycles. The molecule has 0 bridgehead atoms. The number of benzene rings is 1. The van der Waals surface area contributed by atoms with E-state index in [2.05, 4.69) is 31.5 Å². The molecular formula is C7H5BrN4. The van der Waals surface area contributed by atoms with Crippen molar-refractivity contribution in [1.29, 1.82) is 0 Å². The van der Waals surface area contributed by atoms with Gasteiger partial charge >= 0.3 is 0 Å². The molecule has 0 spiro atoms. The Morgan fingerprint density at radius 1 is 1.17 bits per heavy atom. The van der Waals surface area contributed by atoms with Crippen LogP contribution in [-0.4, -0.2) is 20.2 Å². The van der Waals surface area contributed by atoms with Gasteiger partial charge in [-0.3, -0.25) is 0 Å². The van der Waals surface area contributed by atoms with Gasteiger partial charge in [-0.05, 0) is 38.5 Å². The van der Waals surface area contributed by atoms with Crippen LogP contribution in [0.2, 0.25) is 0 Å². The van der Waals surface area contributed by atoms with Crippen LogP contribution in [-0.2, 0) is 0 Å². The SMILES string of the molecule is Brc1nnnn1-c1ccccc1. The molecule has 4 nitrogen and oxygen atoms in total. The quantitative estimate of drug-likeness (QED) is 0.737. The average molecular weight is 225 g/mol. The summed E-state index contributed by atoms with van der Waals surface area (Å²) in [7, 11) is 0. The summed E-state index contributed by atoms with van der Waals surface area (Å²) in [6.07, 6.45) is 0. The normalized spacial score (nSPS) is 10.1. The summed E-state index contributed by atoms with van der Waals surface area (Å²) in [6, 6.07) is 9.68. The number of rotatable bonds is 1. The predicted molar refractivity (Wildman–Crippen MR) is 46.9 cm³/mol. The molecule has 0 aliphatic rings. The maximum Gasteiger partial charge on any atom is 0.222 e. The molecule has 1 aromatic carbocycles. The summed E-state index contributed by atoms with van der Waals surface area (Å²) < 4.78 is 2.22. The number of nitrogens with zero attached hydrogens (tertiary/aromatic N) is 4. The first-order valence-electron chi connectivity index (χ1n) is 3.37. The van der Waals surface area contributed by atoms with Crippen molar-refractivity contribution in [3.05, 3.63) is 35.1 Å². The smallest absolute Gasteiger partial charge is 0.187 e. The van der Waals surface area contributed by atoms with Crippen LogP contribution in [0.5, 0.6) is 0 Å². The van der Waals surface area contributed by atoms with Crippen molar-refractivity contribution in [3.8, 4) is 5.69 Å². The van der Waals surface area contributed by atoms with E-state index in [-0.39, 0.29) is 0 Å². The topological polar surface area (TPSA) is 43.6 Å². The van der Waals surface area contributed by atoms with Crippen LogP contribution in [0.1, 0.15) is 0 Å². The second-order valence-electron chi connectivity index (χ2n) is 2.20. The Morgan fingerprint density at radius 2 is 1.92 bits per heavy atom. The van der Waals surface area contributed by atoms with Crippen molar-refractivity contribution in [2.24, 2.45) is 0 Å². The van der Waals surface area contributed by atoms with E-state index in [1.807, 2.05) is 30.3 Å². The van der Waals surface area contributed by atoms with E-state index in [9.17, 15) is 0 Å². The molecule has 12 heavy (non-hydrogen) atoms. The molecule has 0 N–H and O–H groups in total. The molecule has 0 unspecified atom stereocenters. The zero-order valence-corrected chi connectivity index (χ0v) is 7.64. The number of halogens is 1. The minimum absolute atomic E-state index is 0.605. The van der Waals surface area contributed by atoms with Gasteiger partial charge in [-0.2, -0.15) is 4.68 Å². The van der Waals surface area contributed by atoms with E-state index < -0.39 is 0 Å². The zero-order chi connectivity index (χ0) is 8.39. The second-order valence-corrected chi connectivity index (χ2v) is 2.90. The fourth-order valence-corrected chi connectivity index (χ4v) is 1.25. The van der Waals surface area contributed by atoms with Gasteiger partial charge in [-0.25, -0.2) is 0 Å². The molecule has 60 valence electrons. The van der Waals surface area contributed by atoms with Crippen LogP contribution >= 0.6 is 15.9 Å². The number of para-hydroxylation sites is 1. The van der Waals surface area contributed by atoms with Gasteiger partial charge in [-0.1, -0.05) is 18.2 Å². The molecule has 0 amide bonds. The van der Waals surface area contributed by atoms with Crippen LogP contribution in [0.3, 0.4) is 0 Å². The fraction of sp³-hybridized carbons (Fsp3) is 0. The van der Waals surface area contributed by atoms with Crippen molar-refractivity contribution in [1.82, 2.24) is 20.2 Å². The Labute approximate surface area is 77.3 Å². The molecular weight excluding hydrogens is 220 g/mol. The Bertz CT molecular complexity index is 370. The summed E-state index contributed by atoms with van der Waals surface area (Å²) in [6.45, 7) is 0. The summed E-state index contributed by atoms with van der Waals surface area (Å²) in [5.41, 5.74) is 0.939. The summed E-state index contributed by atoms with van der Waals surface area (Å²) in [5.74, 6) is 0. The highest BCUT2D eigenvalue weighted by Crippen LogP contribution is 2.10. The van der Waals surface area contributed by atoms with Crippen LogP contribution in [0.15, 0.2) is 35.1 Å². The number of tetrazole rings is 1. The second kappa shape index (κ2) is 3.02. The lowest BCUT2D eigenvalue weighted by atomic mass is 10.3. The molecule has 2 aromatic rings. The van der Waals surface area contributed by atoms with Crippen molar-refractivity contribution in [2.45, 2.75) is 0 Å². The van der Waals surface area contributed by atoms with E-state index in [1.54, 1.807) is 4.68 Å². The van der Waals surface area contributed by atoms with Gasteiger partial charge in [0.05, 0.1) is 5.69 Å². The van der Waals surface area contributed by atoms with Crippen LogP contribution in [0.25, 0.3) is 5.69 Å². The third kappa shape index (κ3) is 1.23. The third-order valence-corrected chi connectivity index (χ3v) is 1.93. The maximum atomic E-state index is 3.79. The van der Waals surface area contributed by atoms with Gasteiger partial charge in [-0.15, -0.1) is 5.10 Å². The van der Waals surface area contributed by atoms with Crippen LogP contribution in [0, 0.1) is 0 Å². The standard InChI is InChI=1S/C7H5BrN4/c8-7-9-10-11-12(7)6-4-2-1-3-5-6/h1-5H. The minimum atomic E-state index is 0.605. The Morgan fingerprint density at radius 3 is 2.50 bits per heavy atom. The first kappa shape index (κ1) is 7.42. The first-order chi connectivity index (χ1) is 5.88. The summed E-state index contributed by atoms with van der Waals surface area (Å²) in [4.78, 5) is 0. The van der Waals surface area contributed by atoms with E-state index in [4.69, 9.17) is 0 Å². The largest absolute Gasteiger partial charge is 0.222 e. The predicted octanol–water partition coefficient (Wildman–Crippen LogP) is 1.42. The van der Waals surface area contributed by atoms with Gasteiger partial charge in [0.15, 0.2) is 0 Å². The van der Waals surface area contributed by atoms with Crippen LogP contribution < -0.4 is 0 Å². The summed E-state index contributed by atoms with van der Waals surface area (Å²) >= 11 is 3.23. The number of hydrogen-bond donors (Lipinski definition) is 0. The fourth-order valence-electron chi connectivity index (χ4n) is 0.904. The van der Waals surface area contributed by atoms with Crippen molar-refractivity contribution >= 4 is 15.9 Å². The maximum absolute atomic E-state index is 3.79. The van der Waals surface area contributed by atoms with Gasteiger partial charge < -0.3 is 0 Å². The van der Waals surface area contributed by atoms with E-state index in [1.165, 1.54) is 0 Å². The lowest BCUT2D eigenvalue weighted by molar-refractivity contribution is 0.783. The molecule has 5 heteroatoms.